The number of anilines is 1. The van der Waals surface area contributed by atoms with Gasteiger partial charge in [-0.25, -0.2) is 0 Å². The van der Waals surface area contributed by atoms with E-state index in [1.165, 1.54) is 0 Å². The van der Waals surface area contributed by atoms with Gasteiger partial charge in [0.1, 0.15) is 6.04 Å². The summed E-state index contributed by atoms with van der Waals surface area (Å²) in [5, 5.41) is 5.70. The summed E-state index contributed by atoms with van der Waals surface area (Å²) in [5.74, 6) is -0.520. The third kappa shape index (κ3) is 3.25. The average molecular weight is 378 g/mol. The molecule has 2 aromatic rings. The Morgan fingerprint density at radius 2 is 1.89 bits per heavy atom. The number of hydrogen-bond acceptors (Lipinski definition) is 4. The molecule has 4 rings (SSSR count). The van der Waals surface area contributed by atoms with E-state index >= 15 is 0 Å². The Balaban J connectivity index is 1.65. The van der Waals surface area contributed by atoms with Crippen LogP contribution in [0, 0.1) is 0 Å². The quantitative estimate of drug-likeness (QED) is 0.840. The van der Waals surface area contributed by atoms with Crippen molar-refractivity contribution in [2.45, 2.75) is 6.04 Å². The second kappa shape index (κ2) is 7.44. The molecule has 1 saturated heterocycles. The largest absolute Gasteiger partial charge is 0.337 e. The highest BCUT2D eigenvalue weighted by Gasteiger charge is 2.40. The van der Waals surface area contributed by atoms with Gasteiger partial charge >= 0.3 is 0 Å². The van der Waals surface area contributed by atoms with Gasteiger partial charge in [0, 0.05) is 13.1 Å². The summed E-state index contributed by atoms with van der Waals surface area (Å²) in [5.41, 5.74) is 2.92. The van der Waals surface area contributed by atoms with Crippen LogP contribution < -0.4 is 10.6 Å². The van der Waals surface area contributed by atoms with E-state index in [4.69, 9.17) is 0 Å². The molecule has 0 saturated carbocycles. The highest BCUT2D eigenvalue weighted by molar-refractivity contribution is 6.10. The molecule has 0 radical (unpaired) electrons. The molecular formula is C21H22N4O3. The number of fused-ring (bicyclic) bond motifs is 2. The summed E-state index contributed by atoms with van der Waals surface area (Å²) < 4.78 is 0. The average Bonchev–Trinajstić information content (AvgIpc) is 2.83. The molecule has 3 amide bonds. The minimum Gasteiger partial charge on any atom is -0.337 e. The molecule has 2 aliphatic heterocycles. The summed E-state index contributed by atoms with van der Waals surface area (Å²) >= 11 is 0. The summed E-state index contributed by atoms with van der Waals surface area (Å²) in [6, 6.07) is 14.6. The Morgan fingerprint density at radius 1 is 1.11 bits per heavy atom. The van der Waals surface area contributed by atoms with Gasteiger partial charge in [0.15, 0.2) is 0 Å². The first-order chi connectivity index (χ1) is 13.6. The molecule has 0 aliphatic carbocycles. The third-order valence-electron chi connectivity index (χ3n) is 5.24. The predicted molar refractivity (Wildman–Crippen MR) is 106 cm³/mol. The van der Waals surface area contributed by atoms with E-state index in [1.807, 2.05) is 42.5 Å². The minimum atomic E-state index is -0.686. The zero-order valence-electron chi connectivity index (χ0n) is 15.6. The Bertz CT molecular complexity index is 929. The van der Waals surface area contributed by atoms with Gasteiger partial charge < -0.3 is 20.4 Å². The van der Waals surface area contributed by atoms with Crippen LogP contribution in [0.4, 0.5) is 5.69 Å². The van der Waals surface area contributed by atoms with Crippen molar-refractivity contribution in [1.82, 2.24) is 15.1 Å². The van der Waals surface area contributed by atoms with Gasteiger partial charge in [0.05, 0.1) is 24.3 Å². The van der Waals surface area contributed by atoms with Crippen molar-refractivity contribution < 1.29 is 14.4 Å². The molecule has 1 fully saturated rings. The molecule has 28 heavy (non-hydrogen) atoms. The Hall–Kier alpha value is -3.19. The van der Waals surface area contributed by atoms with Gasteiger partial charge in [-0.3, -0.25) is 14.4 Å². The third-order valence-corrected chi connectivity index (χ3v) is 5.24. The topological polar surface area (TPSA) is 81.8 Å². The van der Waals surface area contributed by atoms with Crippen LogP contribution in [0.25, 0.3) is 11.1 Å². The van der Waals surface area contributed by atoms with Crippen molar-refractivity contribution in [2.75, 3.05) is 38.5 Å². The molecule has 0 bridgehead atoms. The van der Waals surface area contributed by atoms with Crippen LogP contribution in [0.3, 0.4) is 0 Å². The number of benzene rings is 2. The molecule has 0 spiro atoms. The molecule has 1 atom stereocenters. The maximum Gasteiger partial charge on any atom is 0.256 e. The van der Waals surface area contributed by atoms with E-state index in [0.717, 1.165) is 11.1 Å². The van der Waals surface area contributed by atoms with Gasteiger partial charge in [-0.15, -0.1) is 0 Å². The van der Waals surface area contributed by atoms with Crippen LogP contribution in [-0.2, 0) is 9.59 Å². The first-order valence-corrected chi connectivity index (χ1v) is 9.32. The van der Waals surface area contributed by atoms with Crippen LogP contribution in [0.5, 0.6) is 0 Å². The molecule has 7 nitrogen and oxygen atoms in total. The van der Waals surface area contributed by atoms with Gasteiger partial charge in [0.25, 0.3) is 5.91 Å². The lowest BCUT2D eigenvalue weighted by Gasteiger charge is -2.39. The normalized spacial score (nSPS) is 18.8. The molecule has 144 valence electrons. The Morgan fingerprint density at radius 3 is 2.64 bits per heavy atom. The summed E-state index contributed by atoms with van der Waals surface area (Å²) in [7, 11) is 1.71. The fourth-order valence-electron chi connectivity index (χ4n) is 3.75. The maximum absolute atomic E-state index is 13.2. The van der Waals surface area contributed by atoms with Gasteiger partial charge in [-0.05, 0) is 30.3 Å². The Kier molecular flexibility index (Phi) is 4.83. The van der Waals surface area contributed by atoms with Crippen LogP contribution in [-0.4, -0.2) is 66.8 Å². The fourth-order valence-corrected chi connectivity index (χ4v) is 3.75. The van der Waals surface area contributed by atoms with Crippen LogP contribution >= 0.6 is 0 Å². The number of nitrogens with one attached hydrogen (secondary N) is 2. The second-order valence-corrected chi connectivity index (χ2v) is 7.00. The number of amides is 3. The molecule has 2 aliphatic rings. The van der Waals surface area contributed by atoms with Crippen molar-refractivity contribution >= 4 is 23.4 Å². The number of carbonyl (C=O) groups is 3. The van der Waals surface area contributed by atoms with Gasteiger partial charge in [-0.1, -0.05) is 36.4 Å². The van der Waals surface area contributed by atoms with E-state index in [0.29, 0.717) is 24.3 Å². The Labute approximate surface area is 163 Å². The zero-order chi connectivity index (χ0) is 19.7. The van der Waals surface area contributed by atoms with Crippen molar-refractivity contribution in [3.63, 3.8) is 0 Å². The number of carbonyl (C=O) groups excluding carboxylic acids is 3. The van der Waals surface area contributed by atoms with Crippen molar-refractivity contribution in [3.8, 4) is 11.1 Å². The van der Waals surface area contributed by atoms with E-state index in [1.54, 1.807) is 22.9 Å². The van der Waals surface area contributed by atoms with Gasteiger partial charge in [0.2, 0.25) is 11.8 Å². The van der Waals surface area contributed by atoms with Crippen molar-refractivity contribution in [1.29, 1.82) is 0 Å². The summed E-state index contributed by atoms with van der Waals surface area (Å²) in [6.07, 6.45) is 0. The molecule has 0 aromatic heterocycles. The van der Waals surface area contributed by atoms with E-state index in [-0.39, 0.29) is 30.8 Å². The van der Waals surface area contributed by atoms with Crippen LogP contribution in [0.1, 0.15) is 10.4 Å². The highest BCUT2D eigenvalue weighted by Crippen LogP contribution is 2.30. The number of piperazine rings is 1. The lowest BCUT2D eigenvalue weighted by atomic mass is 10.0. The lowest BCUT2D eigenvalue weighted by molar-refractivity contribution is -0.134. The van der Waals surface area contributed by atoms with E-state index in [9.17, 15) is 14.4 Å². The van der Waals surface area contributed by atoms with Crippen molar-refractivity contribution in [2.24, 2.45) is 0 Å². The standard InChI is InChI=1S/C21H22N4O3/c1-22-12-19(26)24-9-10-25-18(13-24)20(27)23-17-8-7-15(11-16(17)21(25)28)14-5-3-2-4-6-14/h2-8,11,18,22H,9-10,12-13H2,1H3,(H,23,27). The van der Waals surface area contributed by atoms with Crippen LogP contribution in [0.2, 0.25) is 0 Å². The molecule has 7 heteroatoms. The molecule has 2 aromatic carbocycles. The fraction of sp³-hybridized carbons (Fsp3) is 0.286. The number of rotatable bonds is 3. The lowest BCUT2D eigenvalue weighted by Crippen LogP contribution is -2.60. The highest BCUT2D eigenvalue weighted by atomic mass is 16.2. The van der Waals surface area contributed by atoms with E-state index in [2.05, 4.69) is 10.6 Å². The SMILES string of the molecule is CNCC(=O)N1CCN2C(=O)c3cc(-c4ccccc4)ccc3NC(=O)C2C1. The summed E-state index contributed by atoms with van der Waals surface area (Å²) in [4.78, 5) is 41.4. The smallest absolute Gasteiger partial charge is 0.256 e. The first kappa shape index (κ1) is 18.2. The summed E-state index contributed by atoms with van der Waals surface area (Å²) in [6.45, 7) is 1.17. The predicted octanol–water partition coefficient (Wildman–Crippen LogP) is 1.18. The van der Waals surface area contributed by atoms with Crippen LogP contribution in [0.15, 0.2) is 48.5 Å². The molecular weight excluding hydrogens is 356 g/mol. The minimum absolute atomic E-state index is 0.0736. The molecule has 1 unspecified atom stereocenters. The zero-order valence-corrected chi connectivity index (χ0v) is 15.6. The number of nitrogens with zero attached hydrogens (tertiary/aromatic N) is 2. The van der Waals surface area contributed by atoms with E-state index < -0.39 is 6.04 Å². The van der Waals surface area contributed by atoms with Crippen molar-refractivity contribution in [3.05, 3.63) is 54.1 Å². The molecule has 2 heterocycles. The number of likely N-dealkylation sites (N-methyl/N-ethyl adjacent to an activating group) is 1. The van der Waals surface area contributed by atoms with Gasteiger partial charge in [-0.2, -0.15) is 0 Å². The first-order valence-electron chi connectivity index (χ1n) is 9.32. The second-order valence-electron chi connectivity index (χ2n) is 7.00. The molecule has 2 N–H and O–H groups in total. The maximum atomic E-state index is 13.2. The monoisotopic (exact) mass is 378 g/mol. The number of hydrogen-bond donors (Lipinski definition) is 2.